The molecule has 0 atom stereocenters. The van der Waals surface area contributed by atoms with Crippen LogP contribution < -0.4 is 5.32 Å². The number of carbonyl (C=O) groups is 1. The van der Waals surface area contributed by atoms with Crippen LogP contribution in [0.4, 0.5) is 22.0 Å². The number of hydrogen-bond acceptors (Lipinski definition) is 2. The standard InChI is InChI=1S/C13H12F5N3O/c1-21-9-6-7(14)2-3-8(9)20-10(21)4-5-19-12(22)13(17,18)11(15)16/h2-3,6,11H,4-5H2,1H3,(H,19,22). The smallest absolute Gasteiger partial charge is 0.350 e. The summed E-state index contributed by atoms with van der Waals surface area (Å²) in [5.74, 6) is -6.81. The lowest BCUT2D eigenvalue weighted by atomic mass is 10.3. The van der Waals surface area contributed by atoms with Crippen LogP contribution in [0.2, 0.25) is 0 Å². The molecule has 0 aliphatic heterocycles. The summed E-state index contributed by atoms with van der Waals surface area (Å²) in [6.45, 7) is -0.291. The lowest BCUT2D eigenvalue weighted by molar-refractivity contribution is -0.169. The minimum absolute atomic E-state index is 0.0395. The van der Waals surface area contributed by atoms with E-state index in [1.165, 1.54) is 22.8 Å². The lowest BCUT2D eigenvalue weighted by Gasteiger charge is -2.14. The van der Waals surface area contributed by atoms with Crippen LogP contribution in [0.1, 0.15) is 5.82 Å². The maximum Gasteiger partial charge on any atom is 0.383 e. The zero-order chi connectivity index (χ0) is 16.5. The third kappa shape index (κ3) is 3.02. The van der Waals surface area contributed by atoms with Crippen molar-refractivity contribution in [2.24, 2.45) is 7.05 Å². The number of nitrogens with one attached hydrogen (secondary N) is 1. The molecule has 0 fully saturated rings. The molecule has 2 rings (SSSR count). The second-order valence-corrected chi connectivity index (χ2v) is 4.65. The normalized spacial score (nSPS) is 12.1. The fraction of sp³-hybridized carbons (Fsp3) is 0.385. The highest BCUT2D eigenvalue weighted by atomic mass is 19.3. The molecule has 1 aromatic heterocycles. The summed E-state index contributed by atoms with van der Waals surface area (Å²) in [5.41, 5.74) is 1.00. The molecule has 0 aliphatic rings. The number of rotatable bonds is 5. The van der Waals surface area contributed by atoms with Crippen molar-refractivity contribution >= 4 is 16.9 Å². The molecule has 2 aromatic rings. The summed E-state index contributed by atoms with van der Waals surface area (Å²) in [4.78, 5) is 15.1. The molecule has 0 aliphatic carbocycles. The molecule has 1 N–H and O–H groups in total. The molecule has 0 unspecified atom stereocenters. The monoisotopic (exact) mass is 321 g/mol. The number of alkyl halides is 4. The molecular formula is C13H12F5N3O. The highest BCUT2D eigenvalue weighted by Crippen LogP contribution is 2.22. The zero-order valence-corrected chi connectivity index (χ0v) is 11.4. The van der Waals surface area contributed by atoms with Crippen molar-refractivity contribution in [2.75, 3.05) is 6.54 Å². The van der Waals surface area contributed by atoms with Crippen LogP contribution in [-0.2, 0) is 18.3 Å². The van der Waals surface area contributed by atoms with E-state index in [1.807, 2.05) is 0 Å². The number of aryl methyl sites for hydroxylation is 1. The number of imidazole rings is 1. The number of nitrogens with zero attached hydrogens (tertiary/aromatic N) is 2. The van der Waals surface area contributed by atoms with Crippen molar-refractivity contribution in [2.45, 2.75) is 18.8 Å². The number of halogens is 5. The topological polar surface area (TPSA) is 46.9 Å². The number of benzene rings is 1. The summed E-state index contributed by atoms with van der Waals surface area (Å²) >= 11 is 0. The van der Waals surface area contributed by atoms with Gasteiger partial charge in [0.1, 0.15) is 11.6 Å². The maximum atomic E-state index is 13.1. The summed E-state index contributed by atoms with van der Waals surface area (Å²) in [5, 5.41) is 1.74. The summed E-state index contributed by atoms with van der Waals surface area (Å²) < 4.78 is 64.1. The van der Waals surface area contributed by atoms with Gasteiger partial charge < -0.3 is 9.88 Å². The molecule has 1 aromatic carbocycles. The first-order valence-electron chi connectivity index (χ1n) is 6.28. The SMILES string of the molecule is Cn1c(CCNC(=O)C(F)(F)C(F)F)nc2ccc(F)cc21. The Labute approximate surface area is 121 Å². The highest BCUT2D eigenvalue weighted by molar-refractivity contribution is 5.83. The van der Waals surface area contributed by atoms with Gasteiger partial charge in [-0.3, -0.25) is 4.79 Å². The molecular weight excluding hydrogens is 309 g/mol. The Balaban J connectivity index is 2.04. The zero-order valence-electron chi connectivity index (χ0n) is 11.4. The van der Waals surface area contributed by atoms with Gasteiger partial charge in [-0.2, -0.15) is 8.78 Å². The van der Waals surface area contributed by atoms with Crippen LogP contribution in [0.5, 0.6) is 0 Å². The van der Waals surface area contributed by atoms with Crippen LogP contribution >= 0.6 is 0 Å². The summed E-state index contributed by atoms with van der Waals surface area (Å²) in [6.07, 6.45) is -4.02. The van der Waals surface area contributed by atoms with E-state index in [2.05, 4.69) is 4.98 Å². The fourth-order valence-electron chi connectivity index (χ4n) is 1.94. The average molecular weight is 321 g/mol. The van der Waals surface area contributed by atoms with Gasteiger partial charge in [-0.1, -0.05) is 0 Å². The maximum absolute atomic E-state index is 13.1. The van der Waals surface area contributed by atoms with Gasteiger partial charge in [-0.15, -0.1) is 0 Å². The first-order valence-corrected chi connectivity index (χ1v) is 6.28. The largest absolute Gasteiger partial charge is 0.383 e. The molecule has 0 spiro atoms. The average Bonchev–Trinajstić information content (AvgIpc) is 2.75. The first-order chi connectivity index (χ1) is 10.2. The van der Waals surface area contributed by atoms with Gasteiger partial charge in [0.25, 0.3) is 5.91 Å². The van der Waals surface area contributed by atoms with Gasteiger partial charge in [0.15, 0.2) is 0 Å². The van der Waals surface area contributed by atoms with Gasteiger partial charge in [-0.25, -0.2) is 18.2 Å². The molecule has 0 bridgehead atoms. The molecule has 1 heterocycles. The van der Waals surface area contributed by atoms with Crippen molar-refractivity contribution < 1.29 is 26.7 Å². The van der Waals surface area contributed by atoms with Crippen LogP contribution in [-0.4, -0.2) is 34.4 Å². The van der Waals surface area contributed by atoms with Gasteiger partial charge >= 0.3 is 12.3 Å². The third-order valence-electron chi connectivity index (χ3n) is 3.15. The van der Waals surface area contributed by atoms with Crippen LogP contribution in [0.3, 0.4) is 0 Å². The molecule has 1 amide bonds. The van der Waals surface area contributed by atoms with Crippen LogP contribution in [0.15, 0.2) is 18.2 Å². The minimum Gasteiger partial charge on any atom is -0.350 e. The van der Waals surface area contributed by atoms with Crippen LogP contribution in [0.25, 0.3) is 11.0 Å². The van der Waals surface area contributed by atoms with Crippen molar-refractivity contribution in [1.29, 1.82) is 0 Å². The number of hydrogen-bond donors (Lipinski definition) is 1. The fourth-order valence-corrected chi connectivity index (χ4v) is 1.94. The van der Waals surface area contributed by atoms with E-state index in [4.69, 9.17) is 0 Å². The summed E-state index contributed by atoms with van der Waals surface area (Å²) in [6, 6.07) is 3.94. The second-order valence-electron chi connectivity index (χ2n) is 4.65. The number of amides is 1. The lowest BCUT2D eigenvalue weighted by Crippen LogP contribution is -2.45. The molecule has 0 saturated carbocycles. The quantitative estimate of drug-likeness (QED) is 0.859. The Kier molecular flexibility index (Phi) is 4.34. The van der Waals surface area contributed by atoms with Gasteiger partial charge in [-0.05, 0) is 18.2 Å². The molecule has 120 valence electrons. The van der Waals surface area contributed by atoms with E-state index in [0.717, 1.165) is 0 Å². The van der Waals surface area contributed by atoms with Crippen molar-refractivity contribution in [3.05, 3.63) is 29.8 Å². The number of aromatic nitrogens is 2. The number of fused-ring (bicyclic) bond motifs is 1. The summed E-state index contributed by atoms with van der Waals surface area (Å²) in [7, 11) is 1.60. The van der Waals surface area contributed by atoms with Crippen molar-refractivity contribution in [3.8, 4) is 0 Å². The highest BCUT2D eigenvalue weighted by Gasteiger charge is 2.48. The number of carbonyl (C=O) groups excluding carboxylic acids is 1. The van der Waals surface area contributed by atoms with E-state index >= 15 is 0 Å². The Morgan fingerprint density at radius 3 is 2.73 bits per heavy atom. The minimum atomic E-state index is -4.73. The van der Waals surface area contributed by atoms with E-state index in [-0.39, 0.29) is 13.0 Å². The first kappa shape index (κ1) is 16.2. The molecule has 22 heavy (non-hydrogen) atoms. The molecule has 0 radical (unpaired) electrons. The molecule has 0 saturated heterocycles. The Morgan fingerprint density at radius 1 is 1.41 bits per heavy atom. The Hall–Kier alpha value is -2.19. The van der Waals surface area contributed by atoms with Crippen molar-refractivity contribution in [1.82, 2.24) is 14.9 Å². The predicted molar refractivity (Wildman–Crippen MR) is 68.3 cm³/mol. The van der Waals surface area contributed by atoms with Gasteiger partial charge in [0.2, 0.25) is 0 Å². The Morgan fingerprint density at radius 2 is 2.09 bits per heavy atom. The van der Waals surface area contributed by atoms with Crippen LogP contribution in [0, 0.1) is 5.82 Å². The van der Waals surface area contributed by atoms with Crippen molar-refractivity contribution in [3.63, 3.8) is 0 Å². The third-order valence-corrected chi connectivity index (χ3v) is 3.15. The van der Waals surface area contributed by atoms with E-state index in [1.54, 1.807) is 12.4 Å². The predicted octanol–water partition coefficient (Wildman–Crippen LogP) is 2.27. The van der Waals surface area contributed by atoms with Gasteiger partial charge in [0.05, 0.1) is 11.0 Å². The molecule has 9 heteroatoms. The second kappa shape index (κ2) is 5.90. The van der Waals surface area contributed by atoms with E-state index in [9.17, 15) is 26.7 Å². The van der Waals surface area contributed by atoms with Gasteiger partial charge in [0, 0.05) is 20.0 Å². The van der Waals surface area contributed by atoms with E-state index < -0.39 is 24.1 Å². The molecule has 4 nitrogen and oxygen atoms in total. The van der Waals surface area contributed by atoms with E-state index in [0.29, 0.717) is 16.9 Å². The Bertz CT molecular complexity index is 698.